The van der Waals surface area contributed by atoms with Crippen LogP contribution in [0.1, 0.15) is 21.5 Å². The highest BCUT2D eigenvalue weighted by Crippen LogP contribution is 2.23. The molecule has 0 aromatic heterocycles. The van der Waals surface area contributed by atoms with Crippen LogP contribution in [-0.4, -0.2) is 22.8 Å². The van der Waals surface area contributed by atoms with Crippen LogP contribution < -0.4 is 0 Å². The number of carbonyl (C=O) groups excluding carboxylic acids is 1. The van der Waals surface area contributed by atoms with Crippen molar-refractivity contribution < 1.29 is 9.72 Å². The number of nitro benzene ring substituents is 1. The van der Waals surface area contributed by atoms with Gasteiger partial charge in [-0.3, -0.25) is 14.9 Å². The zero-order valence-corrected chi connectivity index (χ0v) is 14.1. The highest BCUT2D eigenvalue weighted by molar-refractivity contribution is 5.96. The molecule has 0 unspecified atom stereocenters. The van der Waals surface area contributed by atoms with E-state index >= 15 is 0 Å². The molecule has 25 heavy (non-hydrogen) atoms. The molecule has 0 saturated carbocycles. The third-order valence-electron chi connectivity index (χ3n) is 4.31. The van der Waals surface area contributed by atoms with Gasteiger partial charge in [0.05, 0.1) is 4.92 Å². The second kappa shape index (κ2) is 6.73. The van der Waals surface area contributed by atoms with Gasteiger partial charge in [-0.05, 0) is 35.4 Å². The van der Waals surface area contributed by atoms with E-state index in [9.17, 15) is 14.9 Å². The molecular weight excluding hydrogens is 316 g/mol. The summed E-state index contributed by atoms with van der Waals surface area (Å²) < 4.78 is 0. The van der Waals surface area contributed by atoms with Crippen LogP contribution >= 0.6 is 0 Å². The van der Waals surface area contributed by atoms with Gasteiger partial charge in [-0.2, -0.15) is 0 Å². The Bertz CT molecular complexity index is 966. The predicted molar refractivity (Wildman–Crippen MR) is 97.6 cm³/mol. The van der Waals surface area contributed by atoms with Crippen LogP contribution in [0.3, 0.4) is 0 Å². The molecule has 0 heterocycles. The van der Waals surface area contributed by atoms with Gasteiger partial charge in [0.15, 0.2) is 0 Å². The molecule has 5 nitrogen and oxygen atoms in total. The number of carbonyl (C=O) groups is 1. The SMILES string of the molecule is Cc1c(C(=O)N(C)Cc2ccc3ccccc3c2)cccc1[N+](=O)[O-]. The predicted octanol–water partition coefficient (Wildman–Crippen LogP) is 4.33. The normalized spacial score (nSPS) is 10.6. The van der Waals surface area contributed by atoms with Crippen LogP contribution in [0.15, 0.2) is 60.7 Å². The third kappa shape index (κ3) is 3.35. The molecule has 3 aromatic rings. The number of hydrogen-bond acceptors (Lipinski definition) is 3. The maximum Gasteiger partial charge on any atom is 0.273 e. The Morgan fingerprint density at radius 1 is 1.04 bits per heavy atom. The number of amides is 1. The van der Waals surface area contributed by atoms with Crippen LogP contribution in [0.2, 0.25) is 0 Å². The minimum absolute atomic E-state index is 0.0371. The largest absolute Gasteiger partial charge is 0.337 e. The molecule has 5 heteroatoms. The van der Waals surface area contributed by atoms with Crippen molar-refractivity contribution in [2.75, 3.05) is 7.05 Å². The van der Waals surface area contributed by atoms with E-state index in [4.69, 9.17) is 0 Å². The maximum atomic E-state index is 12.7. The number of nitro groups is 1. The molecule has 0 aliphatic rings. The summed E-state index contributed by atoms with van der Waals surface area (Å²) in [4.78, 5) is 24.9. The summed E-state index contributed by atoms with van der Waals surface area (Å²) in [5.74, 6) is -0.227. The fraction of sp³-hybridized carbons (Fsp3) is 0.150. The molecule has 1 amide bonds. The fourth-order valence-electron chi connectivity index (χ4n) is 2.94. The van der Waals surface area contributed by atoms with Crippen LogP contribution in [0.5, 0.6) is 0 Å². The first kappa shape index (κ1) is 16.6. The van der Waals surface area contributed by atoms with E-state index in [1.807, 2.05) is 36.4 Å². The number of nitrogens with zero attached hydrogens (tertiary/aromatic N) is 2. The topological polar surface area (TPSA) is 63.5 Å². The van der Waals surface area contributed by atoms with E-state index < -0.39 is 4.92 Å². The first-order valence-corrected chi connectivity index (χ1v) is 7.94. The van der Waals surface area contributed by atoms with Gasteiger partial charge in [-0.1, -0.05) is 42.5 Å². The number of rotatable bonds is 4. The zero-order chi connectivity index (χ0) is 18.0. The summed E-state index contributed by atoms with van der Waals surface area (Å²) in [6.45, 7) is 2.04. The van der Waals surface area contributed by atoms with Gasteiger partial charge in [-0.25, -0.2) is 0 Å². The minimum atomic E-state index is -0.463. The summed E-state index contributed by atoms with van der Waals surface area (Å²) in [5, 5.41) is 13.3. The van der Waals surface area contributed by atoms with Crippen molar-refractivity contribution in [1.82, 2.24) is 4.90 Å². The molecule has 3 aromatic carbocycles. The molecular formula is C20H18N2O3. The minimum Gasteiger partial charge on any atom is -0.337 e. The van der Waals surface area contributed by atoms with Crippen molar-refractivity contribution in [3.63, 3.8) is 0 Å². The molecule has 126 valence electrons. The molecule has 0 saturated heterocycles. The first-order chi connectivity index (χ1) is 12.0. The number of fused-ring (bicyclic) bond motifs is 1. The van der Waals surface area contributed by atoms with Gasteiger partial charge < -0.3 is 4.90 Å². The average Bonchev–Trinajstić information content (AvgIpc) is 2.61. The molecule has 0 radical (unpaired) electrons. The highest BCUT2D eigenvalue weighted by Gasteiger charge is 2.20. The lowest BCUT2D eigenvalue weighted by molar-refractivity contribution is -0.385. The van der Waals surface area contributed by atoms with Gasteiger partial charge in [-0.15, -0.1) is 0 Å². The smallest absolute Gasteiger partial charge is 0.273 e. The van der Waals surface area contributed by atoms with Crippen molar-refractivity contribution in [1.29, 1.82) is 0 Å². The molecule has 0 aliphatic carbocycles. The summed E-state index contributed by atoms with van der Waals surface area (Å²) in [6.07, 6.45) is 0. The van der Waals surface area contributed by atoms with Gasteiger partial charge in [0, 0.05) is 30.8 Å². The Kier molecular flexibility index (Phi) is 4.48. The van der Waals surface area contributed by atoms with Crippen LogP contribution in [-0.2, 0) is 6.54 Å². The first-order valence-electron chi connectivity index (χ1n) is 7.94. The van der Waals surface area contributed by atoms with Gasteiger partial charge >= 0.3 is 0 Å². The summed E-state index contributed by atoms with van der Waals surface area (Å²) in [6, 6.07) is 18.7. The quantitative estimate of drug-likeness (QED) is 0.527. The van der Waals surface area contributed by atoms with Gasteiger partial charge in [0.2, 0.25) is 0 Å². The monoisotopic (exact) mass is 334 g/mol. The summed E-state index contributed by atoms with van der Waals surface area (Å²) in [5.41, 5.74) is 1.72. The Morgan fingerprint density at radius 3 is 2.48 bits per heavy atom. The van der Waals surface area contributed by atoms with Crippen molar-refractivity contribution in [3.8, 4) is 0 Å². The standard InChI is InChI=1S/C20H18N2O3/c1-14-18(8-5-9-19(14)22(24)25)20(23)21(2)13-15-10-11-16-6-3-4-7-17(16)12-15/h3-12H,13H2,1-2H3. The molecule has 0 N–H and O–H groups in total. The molecule has 0 atom stereocenters. The van der Waals surface area contributed by atoms with E-state index in [0.29, 0.717) is 17.7 Å². The second-order valence-corrected chi connectivity index (χ2v) is 6.05. The molecule has 0 bridgehead atoms. The van der Waals surface area contributed by atoms with Crippen LogP contribution in [0.25, 0.3) is 10.8 Å². The lowest BCUT2D eigenvalue weighted by atomic mass is 10.0. The molecule has 0 aliphatic heterocycles. The lowest BCUT2D eigenvalue weighted by Crippen LogP contribution is -2.27. The van der Waals surface area contributed by atoms with Crippen molar-refractivity contribution in [2.45, 2.75) is 13.5 Å². The Hall–Kier alpha value is -3.21. The Labute approximate surface area is 145 Å². The van der Waals surface area contributed by atoms with Gasteiger partial charge in [0.1, 0.15) is 0 Å². The van der Waals surface area contributed by atoms with Crippen LogP contribution in [0, 0.1) is 17.0 Å². The van der Waals surface area contributed by atoms with E-state index in [1.165, 1.54) is 6.07 Å². The van der Waals surface area contributed by atoms with E-state index in [-0.39, 0.29) is 11.6 Å². The Balaban J connectivity index is 1.85. The zero-order valence-electron chi connectivity index (χ0n) is 14.1. The van der Waals surface area contributed by atoms with Crippen molar-refractivity contribution >= 4 is 22.4 Å². The number of hydrogen-bond donors (Lipinski definition) is 0. The van der Waals surface area contributed by atoms with Crippen LogP contribution in [0.4, 0.5) is 5.69 Å². The second-order valence-electron chi connectivity index (χ2n) is 6.05. The average molecular weight is 334 g/mol. The fourth-order valence-corrected chi connectivity index (χ4v) is 2.94. The molecule has 0 fully saturated rings. The van der Waals surface area contributed by atoms with Gasteiger partial charge in [0.25, 0.3) is 11.6 Å². The highest BCUT2D eigenvalue weighted by atomic mass is 16.6. The van der Waals surface area contributed by atoms with E-state index in [2.05, 4.69) is 6.07 Å². The Morgan fingerprint density at radius 2 is 1.76 bits per heavy atom. The summed E-state index contributed by atoms with van der Waals surface area (Å²) in [7, 11) is 1.70. The van der Waals surface area contributed by atoms with E-state index in [1.54, 1.807) is 31.0 Å². The van der Waals surface area contributed by atoms with Crippen molar-refractivity contribution in [3.05, 3.63) is 87.5 Å². The maximum absolute atomic E-state index is 12.7. The van der Waals surface area contributed by atoms with Crippen molar-refractivity contribution in [2.24, 2.45) is 0 Å². The van der Waals surface area contributed by atoms with E-state index in [0.717, 1.165) is 16.3 Å². The molecule has 3 rings (SSSR count). The third-order valence-corrected chi connectivity index (χ3v) is 4.31. The summed E-state index contributed by atoms with van der Waals surface area (Å²) >= 11 is 0. The lowest BCUT2D eigenvalue weighted by Gasteiger charge is -2.18. The molecule has 0 spiro atoms. The number of benzene rings is 3.